The molecule has 0 bridgehead atoms. The Bertz CT molecular complexity index is 13.5. The second-order valence-electron chi connectivity index (χ2n) is 0.247. The van der Waals surface area contributed by atoms with Crippen molar-refractivity contribution in [1.82, 2.24) is 0 Å². The lowest BCUT2D eigenvalue weighted by atomic mass is 10.8. The maximum Gasteiger partial charge on any atom is 0.369 e. The zero-order valence-electron chi connectivity index (χ0n) is 2.53. The molecule has 0 N–H and O–H groups in total. The first-order chi connectivity index (χ1) is 1.73. The van der Waals surface area contributed by atoms with Gasteiger partial charge in [0.1, 0.15) is 0 Å². The van der Waals surface area contributed by atoms with Gasteiger partial charge in [0.15, 0.2) is 0 Å². The lowest BCUT2D eigenvalue weighted by Gasteiger charge is -1.63. The van der Waals surface area contributed by atoms with Crippen LogP contribution in [0, 0.1) is 0 Å². The molecule has 6 heavy (non-hydrogen) atoms. The van der Waals surface area contributed by atoms with E-state index in [1.165, 1.54) is 0 Å². The molecule has 6 heteroatoms. The van der Waals surface area contributed by atoms with E-state index in [1.807, 2.05) is 0 Å². The van der Waals surface area contributed by atoms with Crippen LogP contribution < -0.4 is 0 Å². The second kappa shape index (κ2) is 10.1. The van der Waals surface area contributed by atoms with Gasteiger partial charge in [0.2, 0.25) is 0 Å². The van der Waals surface area contributed by atoms with E-state index in [2.05, 4.69) is 47.3 Å². The third kappa shape index (κ3) is 36.2. The number of halogens is 5. The predicted octanol–water partition coefficient (Wildman–Crippen LogP) is 3.00. The van der Waals surface area contributed by atoms with Gasteiger partial charge in [-0.05, 0) is 0 Å². The molecule has 40 valence electrons. The molecular formula is H2BBr3Cl2. The van der Waals surface area contributed by atoms with Crippen LogP contribution in [0.1, 0.15) is 0 Å². The Morgan fingerprint density at radius 3 is 0.833 bits per heavy atom. The molecule has 0 saturated carbocycles. The number of hydrogen-bond donors (Lipinski definition) is 0. The first-order valence-corrected chi connectivity index (χ1v) is 3.40. The van der Waals surface area contributed by atoms with Crippen LogP contribution in [0.15, 0.2) is 0 Å². The van der Waals surface area contributed by atoms with E-state index < -0.39 is 0 Å². The Balaban J connectivity index is -0.0000000450. The summed E-state index contributed by atoms with van der Waals surface area (Å²) in [5.74, 6) is 0. The van der Waals surface area contributed by atoms with Gasteiger partial charge < -0.3 is 0 Å². The first-order valence-electron chi connectivity index (χ1n) is 0.655. The number of rotatable bonds is 0. The van der Waals surface area contributed by atoms with Crippen LogP contribution in [0.2, 0.25) is 0 Å². The van der Waals surface area contributed by atoms with E-state index in [1.54, 1.807) is 0 Å². The predicted molar refractivity (Wildman–Crippen MR) is 47.0 cm³/mol. The second-order valence-corrected chi connectivity index (χ2v) is 6.68. The van der Waals surface area contributed by atoms with Gasteiger partial charge in [-0.15, -0.1) is 72.1 Å². The van der Waals surface area contributed by atoms with Crippen LogP contribution in [0.5, 0.6) is 0 Å². The molecule has 0 spiro atoms. The molecule has 0 radical (unpaired) electrons. The summed E-state index contributed by atoms with van der Waals surface area (Å²) in [6.45, 7) is 0. The van der Waals surface area contributed by atoms with Gasteiger partial charge in [-0.3, -0.25) is 0 Å². The molecule has 0 aromatic carbocycles. The van der Waals surface area contributed by atoms with E-state index in [0.717, 1.165) is 0 Å². The van der Waals surface area contributed by atoms with Crippen molar-refractivity contribution < 1.29 is 0 Å². The molecule has 0 nitrogen and oxygen atoms in total. The molecule has 0 aromatic rings. The van der Waals surface area contributed by atoms with E-state index in [4.69, 9.17) is 0 Å². The van der Waals surface area contributed by atoms with E-state index in [9.17, 15) is 0 Å². The van der Waals surface area contributed by atoms with Crippen LogP contribution >= 0.6 is 72.1 Å². The van der Waals surface area contributed by atoms with Gasteiger partial charge >= 0.3 is 3.18 Å². The highest BCUT2D eigenvalue weighted by Crippen LogP contribution is 2.07. The summed E-state index contributed by atoms with van der Waals surface area (Å²) in [5.41, 5.74) is 0. The molecule has 0 aliphatic heterocycles. The third-order valence-corrected chi connectivity index (χ3v) is 0. The Hall–Kier alpha value is 2.08. The SMILES string of the molecule is BrB(Br)Br.Cl.Cl. The summed E-state index contributed by atoms with van der Waals surface area (Å²) in [4.78, 5) is 0. The average molecular weight is 323 g/mol. The van der Waals surface area contributed by atoms with Gasteiger partial charge in [0.25, 0.3) is 0 Å². The fraction of sp³-hybridized carbons (Fsp3) is 0. The minimum Gasteiger partial charge on any atom is -0.147 e. The van der Waals surface area contributed by atoms with Crippen LogP contribution in [-0.4, -0.2) is 3.18 Å². The highest BCUT2D eigenvalue weighted by molar-refractivity contribution is 9.69. The monoisotopic (exact) mass is 320 g/mol. The van der Waals surface area contributed by atoms with Crippen LogP contribution in [0.3, 0.4) is 0 Å². The van der Waals surface area contributed by atoms with Gasteiger partial charge in [0.05, 0.1) is 0 Å². The number of hydrogen-bond acceptors (Lipinski definition) is 0. The molecule has 0 rings (SSSR count). The van der Waals surface area contributed by atoms with Crippen LogP contribution in [0.25, 0.3) is 0 Å². The quantitative estimate of drug-likeness (QED) is 0.601. The van der Waals surface area contributed by atoms with Gasteiger partial charge in [-0.25, -0.2) is 0 Å². The lowest BCUT2D eigenvalue weighted by Crippen LogP contribution is -1.60. The summed E-state index contributed by atoms with van der Waals surface area (Å²) in [5, 5.41) is 0. The fourth-order valence-corrected chi connectivity index (χ4v) is 0. The Labute approximate surface area is 74.6 Å². The Morgan fingerprint density at radius 2 is 0.833 bits per heavy atom. The minimum absolute atomic E-state index is 0. The summed E-state index contributed by atoms with van der Waals surface area (Å²) >= 11 is 9.31. The summed E-state index contributed by atoms with van der Waals surface area (Å²) in [7, 11) is 0. The largest absolute Gasteiger partial charge is 0.369 e. The summed E-state index contributed by atoms with van der Waals surface area (Å²) in [6.07, 6.45) is 0. The molecule has 0 atom stereocenters. The molecule has 0 aliphatic rings. The van der Waals surface area contributed by atoms with Crippen molar-refractivity contribution >= 4 is 75.3 Å². The highest BCUT2D eigenvalue weighted by atomic mass is 79.9. The van der Waals surface area contributed by atoms with Gasteiger partial charge in [-0.1, -0.05) is 0 Å². The van der Waals surface area contributed by atoms with Crippen LogP contribution in [-0.2, 0) is 0 Å². The first kappa shape index (κ1) is 15.7. The van der Waals surface area contributed by atoms with Gasteiger partial charge in [-0.2, -0.15) is 0 Å². The molecule has 0 saturated heterocycles. The van der Waals surface area contributed by atoms with Gasteiger partial charge in [0, 0.05) is 0 Å². The topological polar surface area (TPSA) is 0 Å². The summed E-state index contributed by atoms with van der Waals surface area (Å²) < 4.78 is 0.271. The minimum atomic E-state index is 0. The molecule has 0 aromatic heterocycles. The van der Waals surface area contributed by atoms with Crippen molar-refractivity contribution in [3.05, 3.63) is 0 Å². The fourth-order valence-electron chi connectivity index (χ4n) is 0. The molecule has 0 unspecified atom stereocenters. The highest BCUT2D eigenvalue weighted by Gasteiger charge is 1.87. The van der Waals surface area contributed by atoms with Crippen molar-refractivity contribution in [3.8, 4) is 0 Å². The van der Waals surface area contributed by atoms with E-state index >= 15 is 0 Å². The van der Waals surface area contributed by atoms with Crippen molar-refractivity contribution in [1.29, 1.82) is 0 Å². The zero-order valence-corrected chi connectivity index (χ0v) is 8.92. The summed E-state index contributed by atoms with van der Waals surface area (Å²) in [6, 6.07) is 0. The lowest BCUT2D eigenvalue weighted by molar-refractivity contribution is 4.99. The van der Waals surface area contributed by atoms with Crippen LogP contribution in [0.4, 0.5) is 0 Å². The molecule has 0 fully saturated rings. The normalized spacial score (nSPS) is 4.50. The average Bonchev–Trinajstić information content (AvgIpc) is 0.811. The Kier molecular flexibility index (Phi) is 26.5. The molecular weight excluding hydrogens is 321 g/mol. The Morgan fingerprint density at radius 1 is 0.833 bits per heavy atom. The third-order valence-electron chi connectivity index (χ3n) is 0. The maximum absolute atomic E-state index is 3.10. The maximum atomic E-state index is 3.10. The van der Waals surface area contributed by atoms with Crippen molar-refractivity contribution in [2.75, 3.05) is 0 Å². The molecule has 0 amide bonds. The van der Waals surface area contributed by atoms with Crippen molar-refractivity contribution in [2.45, 2.75) is 0 Å². The standard InChI is InChI=1S/BBr3.2ClH/c2-1(3)4;;/h;2*1H. The van der Waals surface area contributed by atoms with E-state index in [-0.39, 0.29) is 28.0 Å². The van der Waals surface area contributed by atoms with E-state index in [0.29, 0.717) is 0 Å². The van der Waals surface area contributed by atoms with Crippen molar-refractivity contribution in [2.24, 2.45) is 0 Å². The van der Waals surface area contributed by atoms with Crippen molar-refractivity contribution in [3.63, 3.8) is 0 Å². The molecule has 0 aliphatic carbocycles. The smallest absolute Gasteiger partial charge is 0.147 e. The molecule has 0 heterocycles. The zero-order chi connectivity index (χ0) is 3.58.